The third-order valence-corrected chi connectivity index (χ3v) is 7.45. The minimum absolute atomic E-state index is 0.0305. The molecule has 3 aromatic heterocycles. The molecule has 0 saturated heterocycles. The molecule has 4 aromatic rings. The zero-order chi connectivity index (χ0) is 24.1. The van der Waals surface area contributed by atoms with Gasteiger partial charge in [-0.25, -0.2) is 22.6 Å². The van der Waals surface area contributed by atoms with Crippen molar-refractivity contribution in [1.82, 2.24) is 24.3 Å². The smallest absolute Gasteiger partial charge is 0.246 e. The Bertz CT molecular complexity index is 1370. The average molecular weight is 493 g/mol. The molecule has 182 valence electrons. The van der Waals surface area contributed by atoms with Crippen LogP contribution in [0.1, 0.15) is 36.8 Å². The molecule has 0 radical (unpaired) electrons. The second-order valence-electron chi connectivity index (χ2n) is 8.62. The first-order valence-electron chi connectivity index (χ1n) is 11.8. The first kappa shape index (κ1) is 23.3. The Balaban J connectivity index is 1.20. The summed E-state index contributed by atoms with van der Waals surface area (Å²) in [4.78, 5) is 8.53. The van der Waals surface area contributed by atoms with E-state index in [-0.39, 0.29) is 17.1 Å². The fraction of sp³-hybridized carbons (Fsp3) is 0.320. The van der Waals surface area contributed by atoms with Crippen LogP contribution in [0.3, 0.4) is 0 Å². The third-order valence-electron chi connectivity index (χ3n) is 6.06. The third kappa shape index (κ3) is 5.77. The van der Waals surface area contributed by atoms with Crippen LogP contribution in [0.15, 0.2) is 72.1 Å². The predicted octanol–water partition coefficient (Wildman–Crippen LogP) is 3.58. The van der Waals surface area contributed by atoms with Gasteiger partial charge in [0, 0.05) is 31.7 Å². The number of benzene rings is 1. The van der Waals surface area contributed by atoms with E-state index in [0.29, 0.717) is 18.5 Å². The van der Waals surface area contributed by atoms with Crippen LogP contribution in [0.25, 0.3) is 5.65 Å². The van der Waals surface area contributed by atoms with Gasteiger partial charge in [0.25, 0.3) is 0 Å². The average Bonchev–Trinajstić information content (AvgIpc) is 3.55. The maximum atomic E-state index is 12.9. The molecule has 3 heterocycles. The van der Waals surface area contributed by atoms with E-state index in [2.05, 4.69) is 37.2 Å². The molecule has 1 aliphatic carbocycles. The lowest BCUT2D eigenvalue weighted by Gasteiger charge is -2.13. The molecule has 0 atom stereocenters. The topological polar surface area (TPSA) is 111 Å². The van der Waals surface area contributed by atoms with Crippen LogP contribution in [0.2, 0.25) is 0 Å². The van der Waals surface area contributed by atoms with Gasteiger partial charge >= 0.3 is 0 Å². The van der Waals surface area contributed by atoms with Crippen LogP contribution in [0.4, 0.5) is 5.82 Å². The van der Waals surface area contributed by atoms with E-state index in [4.69, 9.17) is 4.74 Å². The summed E-state index contributed by atoms with van der Waals surface area (Å²) in [5.74, 6) is 1.51. The number of hydrogen-bond acceptors (Lipinski definition) is 7. The lowest BCUT2D eigenvalue weighted by molar-refractivity contribution is 0.210. The van der Waals surface area contributed by atoms with Crippen LogP contribution in [0, 0.1) is 0 Å². The van der Waals surface area contributed by atoms with Crippen molar-refractivity contribution in [2.75, 3.05) is 11.9 Å². The summed E-state index contributed by atoms with van der Waals surface area (Å²) in [6.07, 6.45) is 12.2. The first-order valence-corrected chi connectivity index (χ1v) is 13.3. The summed E-state index contributed by atoms with van der Waals surface area (Å²) in [6, 6.07) is 13.6. The number of fused-ring (bicyclic) bond motifs is 1. The molecule has 1 fully saturated rings. The Morgan fingerprint density at radius 2 is 1.86 bits per heavy atom. The highest BCUT2D eigenvalue weighted by atomic mass is 32.2. The van der Waals surface area contributed by atoms with Crippen molar-refractivity contribution < 1.29 is 13.2 Å². The van der Waals surface area contributed by atoms with Crippen LogP contribution >= 0.6 is 0 Å². The Kier molecular flexibility index (Phi) is 6.91. The molecular formula is C25H28N6O3S. The number of pyridine rings is 1. The quantitative estimate of drug-likeness (QED) is 0.348. The number of ether oxygens (including phenoxy) is 1. The molecule has 1 saturated carbocycles. The number of hydrogen-bond donors (Lipinski definition) is 2. The maximum Gasteiger partial charge on any atom is 0.246 e. The Hall–Kier alpha value is -3.50. The fourth-order valence-electron chi connectivity index (χ4n) is 4.16. The first-order chi connectivity index (χ1) is 17.1. The summed E-state index contributed by atoms with van der Waals surface area (Å²) in [7, 11) is -3.80. The number of nitrogens with one attached hydrogen (secondary N) is 2. The zero-order valence-corrected chi connectivity index (χ0v) is 20.1. The van der Waals surface area contributed by atoms with E-state index in [9.17, 15) is 8.42 Å². The van der Waals surface area contributed by atoms with Crippen molar-refractivity contribution >= 4 is 21.5 Å². The van der Waals surface area contributed by atoms with E-state index >= 15 is 0 Å². The van der Waals surface area contributed by atoms with Crippen LogP contribution < -0.4 is 14.8 Å². The van der Waals surface area contributed by atoms with E-state index in [1.165, 1.54) is 29.1 Å². The number of anilines is 1. The molecule has 0 unspecified atom stereocenters. The van der Waals surface area contributed by atoms with E-state index < -0.39 is 10.0 Å². The summed E-state index contributed by atoms with van der Waals surface area (Å²) >= 11 is 0. The zero-order valence-electron chi connectivity index (χ0n) is 19.3. The van der Waals surface area contributed by atoms with E-state index in [1.807, 2.05) is 18.2 Å². The molecule has 0 amide bonds. The Morgan fingerprint density at radius 3 is 2.63 bits per heavy atom. The van der Waals surface area contributed by atoms with Crippen molar-refractivity contribution in [2.24, 2.45) is 0 Å². The van der Waals surface area contributed by atoms with Crippen molar-refractivity contribution in [3.63, 3.8) is 0 Å². The highest BCUT2D eigenvalue weighted by molar-refractivity contribution is 7.89. The molecule has 5 rings (SSSR count). The largest absolute Gasteiger partial charge is 0.490 e. The second-order valence-corrected chi connectivity index (χ2v) is 10.4. The molecule has 35 heavy (non-hydrogen) atoms. The van der Waals surface area contributed by atoms with Gasteiger partial charge in [-0.15, -0.1) is 0 Å². The van der Waals surface area contributed by atoms with Gasteiger partial charge in [0.05, 0.1) is 12.3 Å². The SMILES string of the molecule is O=S(=O)(NCc1cccnc1)c1cnn2ccc(NCCc3ccc(OC4CCCC4)cc3)nc12. The maximum absolute atomic E-state index is 12.9. The van der Waals surface area contributed by atoms with Gasteiger partial charge in [-0.1, -0.05) is 18.2 Å². The van der Waals surface area contributed by atoms with Gasteiger partial charge in [0.2, 0.25) is 10.0 Å². The van der Waals surface area contributed by atoms with Crippen molar-refractivity contribution in [3.05, 3.63) is 78.4 Å². The van der Waals surface area contributed by atoms with Gasteiger partial charge < -0.3 is 10.1 Å². The molecule has 1 aromatic carbocycles. The number of nitrogens with zero attached hydrogens (tertiary/aromatic N) is 4. The van der Waals surface area contributed by atoms with Gasteiger partial charge in [-0.3, -0.25) is 4.98 Å². The monoisotopic (exact) mass is 492 g/mol. The van der Waals surface area contributed by atoms with Crippen molar-refractivity contribution in [2.45, 2.75) is 49.6 Å². The van der Waals surface area contributed by atoms with Crippen LogP contribution in [-0.4, -0.2) is 40.6 Å². The minimum atomic E-state index is -3.80. The molecule has 1 aliphatic rings. The summed E-state index contributed by atoms with van der Waals surface area (Å²) in [5, 5.41) is 7.41. The Labute approximate surface area is 204 Å². The molecular weight excluding hydrogens is 464 g/mol. The number of rotatable bonds is 10. The highest BCUT2D eigenvalue weighted by Gasteiger charge is 2.21. The molecule has 2 N–H and O–H groups in total. The highest BCUT2D eigenvalue weighted by Crippen LogP contribution is 2.24. The molecule has 0 aliphatic heterocycles. The molecule has 0 spiro atoms. The fourth-order valence-corrected chi connectivity index (χ4v) is 5.24. The van der Waals surface area contributed by atoms with Gasteiger partial charge in [-0.05, 0) is 67.5 Å². The summed E-state index contributed by atoms with van der Waals surface area (Å²) in [6.45, 7) is 0.789. The van der Waals surface area contributed by atoms with Gasteiger partial charge in [-0.2, -0.15) is 5.10 Å². The predicted molar refractivity (Wildman–Crippen MR) is 133 cm³/mol. The lowest BCUT2D eigenvalue weighted by Crippen LogP contribution is -2.23. The lowest BCUT2D eigenvalue weighted by atomic mass is 10.1. The van der Waals surface area contributed by atoms with Crippen molar-refractivity contribution in [3.8, 4) is 5.75 Å². The summed E-state index contributed by atoms with van der Waals surface area (Å²) in [5.41, 5.74) is 2.22. The molecule has 0 bridgehead atoms. The van der Waals surface area contributed by atoms with Gasteiger partial charge in [0.15, 0.2) is 5.65 Å². The summed E-state index contributed by atoms with van der Waals surface area (Å²) < 4.78 is 35.8. The molecule has 9 nitrogen and oxygen atoms in total. The number of sulfonamides is 1. The van der Waals surface area contributed by atoms with Gasteiger partial charge in [0.1, 0.15) is 16.5 Å². The van der Waals surface area contributed by atoms with Crippen LogP contribution in [0.5, 0.6) is 5.75 Å². The standard InChI is InChI=1S/C25H28N6O3S/c32-35(33,29-17-20-4-3-13-26-16-20)23-18-28-31-15-12-24(30-25(23)31)27-14-11-19-7-9-22(10-8-19)34-21-5-1-2-6-21/h3-4,7-10,12-13,15-16,18,21,29H,1-2,5-6,11,14,17H2,(H,27,30). The number of aromatic nitrogens is 4. The van der Waals surface area contributed by atoms with E-state index in [0.717, 1.165) is 30.6 Å². The Morgan fingerprint density at radius 1 is 1.03 bits per heavy atom. The minimum Gasteiger partial charge on any atom is -0.490 e. The van der Waals surface area contributed by atoms with Crippen LogP contribution in [-0.2, 0) is 23.0 Å². The normalized spacial score (nSPS) is 14.4. The molecule has 10 heteroatoms. The van der Waals surface area contributed by atoms with E-state index in [1.54, 1.807) is 30.7 Å². The van der Waals surface area contributed by atoms with Crippen molar-refractivity contribution in [1.29, 1.82) is 0 Å². The second kappa shape index (κ2) is 10.4.